The standard InChI is InChI=1S/C13H16IN3O3.ClH/c1-8-6-9(4-5-15-8)16-13(18)11-3-2-10(17(19)20)7-12(11)14;/h2-3,7-9,15H,4-6H2,1H3,(H,16,18);1H. The molecule has 1 heterocycles. The summed E-state index contributed by atoms with van der Waals surface area (Å²) in [6, 6.07) is 4.84. The number of non-ortho nitro benzene ring substituents is 1. The first-order valence-electron chi connectivity index (χ1n) is 6.45. The summed E-state index contributed by atoms with van der Waals surface area (Å²) in [5.74, 6) is -0.164. The SMILES string of the molecule is CC1CC(NC(=O)c2ccc([N+](=O)[O-])cc2I)CCN1.Cl. The van der Waals surface area contributed by atoms with Crippen LogP contribution in [-0.4, -0.2) is 29.5 Å². The Balaban J connectivity index is 0.00000220. The molecular weight excluding hydrogens is 409 g/mol. The van der Waals surface area contributed by atoms with Crippen molar-refractivity contribution in [3.05, 3.63) is 37.4 Å². The van der Waals surface area contributed by atoms with E-state index in [1.54, 1.807) is 0 Å². The fourth-order valence-electron chi connectivity index (χ4n) is 2.33. The van der Waals surface area contributed by atoms with Crippen LogP contribution >= 0.6 is 35.0 Å². The zero-order valence-electron chi connectivity index (χ0n) is 11.5. The molecule has 116 valence electrons. The third-order valence-corrected chi connectivity index (χ3v) is 4.26. The van der Waals surface area contributed by atoms with Crippen molar-refractivity contribution in [3.8, 4) is 0 Å². The first kappa shape index (κ1) is 18.1. The van der Waals surface area contributed by atoms with E-state index in [4.69, 9.17) is 0 Å². The van der Waals surface area contributed by atoms with Gasteiger partial charge in [0.25, 0.3) is 11.6 Å². The average Bonchev–Trinajstić information content (AvgIpc) is 2.38. The zero-order chi connectivity index (χ0) is 14.7. The highest BCUT2D eigenvalue weighted by atomic mass is 127. The second kappa shape index (κ2) is 7.90. The van der Waals surface area contributed by atoms with Crippen molar-refractivity contribution in [1.82, 2.24) is 10.6 Å². The largest absolute Gasteiger partial charge is 0.349 e. The Bertz CT molecular complexity index is 541. The minimum absolute atomic E-state index is 0. The van der Waals surface area contributed by atoms with E-state index < -0.39 is 4.92 Å². The van der Waals surface area contributed by atoms with Crippen LogP contribution in [0.1, 0.15) is 30.1 Å². The Morgan fingerprint density at radius 1 is 1.52 bits per heavy atom. The van der Waals surface area contributed by atoms with E-state index in [1.807, 2.05) is 22.6 Å². The van der Waals surface area contributed by atoms with E-state index in [9.17, 15) is 14.9 Å². The number of rotatable bonds is 3. The molecule has 0 spiro atoms. The molecule has 2 atom stereocenters. The van der Waals surface area contributed by atoms with Gasteiger partial charge in [-0.15, -0.1) is 12.4 Å². The van der Waals surface area contributed by atoms with Crippen molar-refractivity contribution in [1.29, 1.82) is 0 Å². The van der Waals surface area contributed by atoms with Crippen LogP contribution in [0.4, 0.5) is 5.69 Å². The number of hydrogen-bond acceptors (Lipinski definition) is 4. The number of nitro benzene ring substituents is 1. The number of carbonyl (C=O) groups excluding carboxylic acids is 1. The molecule has 6 nitrogen and oxygen atoms in total. The Labute approximate surface area is 142 Å². The Hall–Kier alpha value is -0.930. The van der Waals surface area contributed by atoms with Crippen LogP contribution in [-0.2, 0) is 0 Å². The van der Waals surface area contributed by atoms with E-state index in [-0.39, 0.29) is 30.0 Å². The van der Waals surface area contributed by atoms with Gasteiger partial charge in [-0.1, -0.05) is 0 Å². The molecule has 1 saturated heterocycles. The summed E-state index contributed by atoms with van der Waals surface area (Å²) in [5, 5.41) is 17.0. The summed E-state index contributed by atoms with van der Waals surface area (Å²) in [7, 11) is 0. The van der Waals surface area contributed by atoms with Crippen LogP contribution in [0.25, 0.3) is 0 Å². The molecule has 1 aliphatic rings. The van der Waals surface area contributed by atoms with Gasteiger partial charge in [0.15, 0.2) is 0 Å². The van der Waals surface area contributed by atoms with Crippen molar-refractivity contribution in [2.24, 2.45) is 0 Å². The number of nitrogens with zero attached hydrogens (tertiary/aromatic N) is 1. The maximum absolute atomic E-state index is 12.2. The highest BCUT2D eigenvalue weighted by Gasteiger charge is 2.22. The van der Waals surface area contributed by atoms with Gasteiger partial charge < -0.3 is 10.6 Å². The number of benzene rings is 1. The monoisotopic (exact) mass is 425 g/mol. The number of nitro groups is 1. The summed E-state index contributed by atoms with van der Waals surface area (Å²) in [4.78, 5) is 22.4. The molecule has 1 aliphatic heterocycles. The second-order valence-electron chi connectivity index (χ2n) is 4.97. The number of piperidine rings is 1. The molecule has 2 unspecified atom stereocenters. The lowest BCUT2D eigenvalue weighted by atomic mass is 10.0. The van der Waals surface area contributed by atoms with Gasteiger partial charge in [0, 0.05) is 27.8 Å². The predicted molar refractivity (Wildman–Crippen MR) is 91.0 cm³/mol. The predicted octanol–water partition coefficient (Wildman–Crippen LogP) is 2.49. The topological polar surface area (TPSA) is 84.3 Å². The quantitative estimate of drug-likeness (QED) is 0.443. The zero-order valence-corrected chi connectivity index (χ0v) is 14.4. The van der Waals surface area contributed by atoms with E-state index in [1.165, 1.54) is 18.2 Å². The molecule has 0 bridgehead atoms. The van der Waals surface area contributed by atoms with Crippen molar-refractivity contribution in [2.45, 2.75) is 31.8 Å². The van der Waals surface area contributed by atoms with Gasteiger partial charge in [0.1, 0.15) is 0 Å². The lowest BCUT2D eigenvalue weighted by molar-refractivity contribution is -0.384. The molecule has 8 heteroatoms. The number of amides is 1. The summed E-state index contributed by atoms with van der Waals surface area (Å²) in [5.41, 5.74) is 0.490. The molecule has 1 aromatic carbocycles. The van der Waals surface area contributed by atoms with E-state index in [0.29, 0.717) is 15.2 Å². The van der Waals surface area contributed by atoms with E-state index >= 15 is 0 Å². The third-order valence-electron chi connectivity index (χ3n) is 3.37. The molecule has 1 aromatic rings. The van der Waals surface area contributed by atoms with Gasteiger partial charge in [-0.2, -0.15) is 0 Å². The summed E-state index contributed by atoms with van der Waals surface area (Å²) >= 11 is 1.96. The van der Waals surface area contributed by atoms with Crippen LogP contribution in [0.15, 0.2) is 18.2 Å². The van der Waals surface area contributed by atoms with Gasteiger partial charge in [0.05, 0.1) is 10.5 Å². The number of nitrogens with one attached hydrogen (secondary N) is 2. The van der Waals surface area contributed by atoms with Crippen LogP contribution in [0, 0.1) is 13.7 Å². The first-order chi connectivity index (χ1) is 9.47. The van der Waals surface area contributed by atoms with Gasteiger partial charge >= 0.3 is 0 Å². The third kappa shape index (κ3) is 4.79. The summed E-state index contributed by atoms with van der Waals surface area (Å²) < 4.78 is 0.594. The Morgan fingerprint density at radius 2 is 2.24 bits per heavy atom. The Morgan fingerprint density at radius 3 is 2.81 bits per heavy atom. The fourth-order valence-corrected chi connectivity index (χ4v) is 3.07. The van der Waals surface area contributed by atoms with Crippen molar-refractivity contribution < 1.29 is 9.72 Å². The number of hydrogen-bond donors (Lipinski definition) is 2. The molecule has 1 amide bonds. The molecule has 2 rings (SSSR count). The smallest absolute Gasteiger partial charge is 0.270 e. The van der Waals surface area contributed by atoms with Crippen LogP contribution < -0.4 is 10.6 Å². The first-order valence-corrected chi connectivity index (χ1v) is 7.53. The molecule has 21 heavy (non-hydrogen) atoms. The van der Waals surface area contributed by atoms with Gasteiger partial charge in [-0.3, -0.25) is 14.9 Å². The van der Waals surface area contributed by atoms with Gasteiger partial charge in [-0.25, -0.2) is 0 Å². The van der Waals surface area contributed by atoms with Crippen molar-refractivity contribution >= 4 is 46.6 Å². The lowest BCUT2D eigenvalue weighted by Crippen LogP contribution is -2.46. The molecule has 0 radical (unpaired) electrons. The van der Waals surface area contributed by atoms with Crippen LogP contribution in [0.3, 0.4) is 0 Å². The minimum Gasteiger partial charge on any atom is -0.349 e. The van der Waals surface area contributed by atoms with Crippen LogP contribution in [0.5, 0.6) is 0 Å². The molecule has 0 aliphatic carbocycles. The number of carbonyl (C=O) groups is 1. The van der Waals surface area contributed by atoms with Crippen molar-refractivity contribution in [2.75, 3.05) is 6.54 Å². The molecule has 0 saturated carbocycles. The summed E-state index contributed by atoms with van der Waals surface area (Å²) in [6.07, 6.45) is 1.80. The van der Waals surface area contributed by atoms with Gasteiger partial charge in [0.2, 0.25) is 0 Å². The van der Waals surface area contributed by atoms with Crippen molar-refractivity contribution in [3.63, 3.8) is 0 Å². The van der Waals surface area contributed by atoms with E-state index in [0.717, 1.165) is 19.4 Å². The molecule has 1 fully saturated rings. The fraction of sp³-hybridized carbons (Fsp3) is 0.462. The average molecular weight is 426 g/mol. The highest BCUT2D eigenvalue weighted by Crippen LogP contribution is 2.20. The highest BCUT2D eigenvalue weighted by molar-refractivity contribution is 14.1. The van der Waals surface area contributed by atoms with Crippen LogP contribution in [0.2, 0.25) is 0 Å². The molecule has 2 N–H and O–H groups in total. The Kier molecular flexibility index (Phi) is 6.82. The van der Waals surface area contributed by atoms with E-state index in [2.05, 4.69) is 17.6 Å². The molecular formula is C13H17ClIN3O3. The number of halogens is 2. The lowest BCUT2D eigenvalue weighted by Gasteiger charge is -2.28. The maximum atomic E-state index is 12.2. The second-order valence-corrected chi connectivity index (χ2v) is 6.13. The normalized spacial score (nSPS) is 21.2. The molecule has 0 aromatic heterocycles. The summed E-state index contributed by atoms with van der Waals surface area (Å²) in [6.45, 7) is 2.98. The minimum atomic E-state index is -0.460. The maximum Gasteiger partial charge on any atom is 0.270 e. The van der Waals surface area contributed by atoms with Gasteiger partial charge in [-0.05, 0) is 55.0 Å².